The molecule has 31 heavy (non-hydrogen) atoms. The molecule has 0 unspecified atom stereocenters. The van der Waals surface area contributed by atoms with E-state index in [9.17, 15) is 23.3 Å². The Labute approximate surface area is 180 Å². The summed E-state index contributed by atoms with van der Waals surface area (Å²) < 4.78 is 25.5. The molecule has 4 rings (SSSR count). The molecule has 0 saturated heterocycles. The topological polar surface area (TPSA) is 132 Å². The molecule has 0 fully saturated rings. The van der Waals surface area contributed by atoms with E-state index in [1.54, 1.807) is 31.2 Å². The fourth-order valence-corrected chi connectivity index (χ4v) is 5.39. The predicted molar refractivity (Wildman–Crippen MR) is 115 cm³/mol. The van der Waals surface area contributed by atoms with E-state index in [2.05, 4.69) is 15.3 Å². The zero-order chi connectivity index (χ0) is 22.2. The third-order valence-corrected chi connectivity index (χ3v) is 7.56. The molecular formula is C20H14N4O5S2. The van der Waals surface area contributed by atoms with Crippen LogP contribution in [0.4, 0.5) is 10.8 Å². The Hall–Kier alpha value is -3.70. The predicted octanol–water partition coefficient (Wildman–Crippen LogP) is 3.99. The van der Waals surface area contributed by atoms with Crippen LogP contribution in [0.15, 0.2) is 69.9 Å². The second-order valence-corrected chi connectivity index (χ2v) is 9.73. The zero-order valence-corrected chi connectivity index (χ0v) is 17.6. The van der Waals surface area contributed by atoms with Gasteiger partial charge >= 0.3 is 0 Å². The number of carbonyl (C=O) groups is 1. The van der Waals surface area contributed by atoms with Crippen LogP contribution in [0, 0.1) is 17.0 Å². The van der Waals surface area contributed by atoms with Crippen LogP contribution < -0.4 is 5.32 Å². The lowest BCUT2D eigenvalue weighted by molar-refractivity contribution is -0.384. The fraction of sp³-hybridized carbons (Fsp3) is 0.0500. The molecule has 0 bridgehead atoms. The largest absolute Gasteiger partial charge is 0.298 e. The molecule has 0 aliphatic carbocycles. The van der Waals surface area contributed by atoms with Gasteiger partial charge in [-0.25, -0.2) is 13.4 Å². The van der Waals surface area contributed by atoms with Crippen molar-refractivity contribution in [1.29, 1.82) is 0 Å². The van der Waals surface area contributed by atoms with E-state index >= 15 is 0 Å². The second-order valence-electron chi connectivity index (χ2n) is 6.52. The lowest BCUT2D eigenvalue weighted by atomic mass is 10.1. The van der Waals surface area contributed by atoms with E-state index in [0.717, 1.165) is 41.8 Å². The van der Waals surface area contributed by atoms with E-state index in [-0.39, 0.29) is 19.9 Å². The molecule has 0 aliphatic heterocycles. The molecule has 1 amide bonds. The Morgan fingerprint density at radius 3 is 2.55 bits per heavy atom. The highest BCUT2D eigenvalue weighted by molar-refractivity contribution is 7.93. The van der Waals surface area contributed by atoms with Gasteiger partial charge in [-0.3, -0.25) is 25.2 Å². The molecule has 156 valence electrons. The highest BCUT2D eigenvalue weighted by Crippen LogP contribution is 2.30. The molecule has 2 aromatic heterocycles. The molecule has 2 heterocycles. The van der Waals surface area contributed by atoms with E-state index < -0.39 is 20.7 Å². The molecule has 1 N–H and O–H groups in total. The number of hydrogen-bond acceptors (Lipinski definition) is 8. The number of non-ortho nitro benzene ring substituents is 1. The van der Waals surface area contributed by atoms with E-state index in [0.29, 0.717) is 22.2 Å². The SMILES string of the molecule is Cc1cc(C(=O)Nc2ncc(S(=O)(=O)c3ccc([N+](=O)[O-])cc3)s2)c2ccccc2n1. The standard InChI is InChI=1S/C20H14N4O5S2/c1-12-10-16(15-4-2-3-5-17(15)22-12)19(25)23-20-21-11-18(30-20)31(28,29)14-8-6-13(7-9-14)24(26)27/h2-11H,1H3,(H,21,23,25). The number of sulfone groups is 1. The summed E-state index contributed by atoms with van der Waals surface area (Å²) in [6.45, 7) is 1.78. The van der Waals surface area contributed by atoms with Crippen LogP contribution in [0.3, 0.4) is 0 Å². The second kappa shape index (κ2) is 7.85. The van der Waals surface area contributed by atoms with E-state index in [4.69, 9.17) is 0 Å². The Balaban J connectivity index is 1.61. The quantitative estimate of drug-likeness (QED) is 0.356. The third kappa shape index (κ3) is 4.00. The number of thiazole rings is 1. The maximum absolute atomic E-state index is 12.8. The van der Waals surface area contributed by atoms with Crippen molar-refractivity contribution < 1.29 is 18.1 Å². The first-order valence-corrected chi connectivity index (χ1v) is 11.2. The van der Waals surface area contributed by atoms with E-state index in [1.165, 1.54) is 0 Å². The number of benzene rings is 2. The lowest BCUT2D eigenvalue weighted by Gasteiger charge is -2.07. The average Bonchev–Trinajstić information content (AvgIpc) is 3.22. The minimum absolute atomic E-state index is 0.0904. The average molecular weight is 454 g/mol. The van der Waals surface area contributed by atoms with Crippen molar-refractivity contribution in [2.24, 2.45) is 0 Å². The van der Waals surface area contributed by atoms with Gasteiger partial charge in [-0.15, -0.1) is 0 Å². The Kier molecular flexibility index (Phi) is 5.21. The fourth-order valence-electron chi connectivity index (χ4n) is 2.96. The van der Waals surface area contributed by atoms with Crippen molar-refractivity contribution in [3.8, 4) is 0 Å². The van der Waals surface area contributed by atoms with Crippen molar-refractivity contribution in [3.05, 3.63) is 82.2 Å². The van der Waals surface area contributed by atoms with Gasteiger partial charge in [0.1, 0.15) is 4.21 Å². The van der Waals surface area contributed by atoms with Crippen molar-refractivity contribution >= 4 is 48.8 Å². The van der Waals surface area contributed by atoms with Gasteiger partial charge in [0.05, 0.1) is 27.1 Å². The van der Waals surface area contributed by atoms with Crippen LogP contribution in [0.2, 0.25) is 0 Å². The summed E-state index contributed by atoms with van der Waals surface area (Å²) in [6.07, 6.45) is 1.15. The summed E-state index contributed by atoms with van der Waals surface area (Å²) in [5.74, 6) is -0.435. The van der Waals surface area contributed by atoms with Gasteiger partial charge in [-0.2, -0.15) is 0 Å². The van der Waals surface area contributed by atoms with Crippen LogP contribution in [0.1, 0.15) is 16.1 Å². The summed E-state index contributed by atoms with van der Waals surface area (Å²) in [5, 5.41) is 14.2. The number of rotatable bonds is 5. The van der Waals surface area contributed by atoms with Crippen LogP contribution >= 0.6 is 11.3 Å². The zero-order valence-electron chi connectivity index (χ0n) is 16.0. The molecule has 0 atom stereocenters. The van der Waals surface area contributed by atoms with Gasteiger partial charge in [0.15, 0.2) is 5.13 Å². The summed E-state index contributed by atoms with van der Waals surface area (Å²) in [4.78, 5) is 31.3. The maximum atomic E-state index is 12.8. The van der Waals surface area contributed by atoms with Crippen molar-refractivity contribution in [1.82, 2.24) is 9.97 Å². The molecule has 0 aliphatic rings. The number of aromatic nitrogens is 2. The maximum Gasteiger partial charge on any atom is 0.269 e. The van der Waals surface area contributed by atoms with Crippen LogP contribution in [-0.4, -0.2) is 29.2 Å². The van der Waals surface area contributed by atoms with Crippen LogP contribution in [0.5, 0.6) is 0 Å². The number of para-hydroxylation sites is 1. The highest BCUT2D eigenvalue weighted by atomic mass is 32.2. The number of nitrogens with zero attached hydrogens (tertiary/aromatic N) is 3. The number of aryl methyl sites for hydroxylation is 1. The number of anilines is 1. The van der Waals surface area contributed by atoms with Gasteiger partial charge in [-0.05, 0) is 31.2 Å². The minimum atomic E-state index is -3.93. The van der Waals surface area contributed by atoms with Crippen LogP contribution in [0.25, 0.3) is 10.9 Å². The molecule has 4 aromatic rings. The first kappa shape index (κ1) is 20.6. The smallest absolute Gasteiger partial charge is 0.269 e. The Morgan fingerprint density at radius 2 is 1.84 bits per heavy atom. The molecule has 0 radical (unpaired) electrons. The highest BCUT2D eigenvalue weighted by Gasteiger charge is 2.23. The molecule has 11 heteroatoms. The monoisotopic (exact) mass is 454 g/mol. The molecule has 0 spiro atoms. The van der Waals surface area contributed by atoms with Gasteiger partial charge in [0.25, 0.3) is 11.6 Å². The van der Waals surface area contributed by atoms with E-state index in [1.807, 2.05) is 6.07 Å². The normalized spacial score (nSPS) is 11.4. The van der Waals surface area contributed by atoms with Crippen molar-refractivity contribution in [3.63, 3.8) is 0 Å². The number of hydrogen-bond donors (Lipinski definition) is 1. The first-order chi connectivity index (χ1) is 14.8. The van der Waals surface area contributed by atoms with Gasteiger partial charge in [-0.1, -0.05) is 29.5 Å². The van der Waals surface area contributed by atoms with Gasteiger partial charge in [0.2, 0.25) is 9.84 Å². The summed E-state index contributed by atoms with van der Waals surface area (Å²) in [7, 11) is -3.93. The first-order valence-electron chi connectivity index (χ1n) is 8.89. The number of pyridine rings is 1. The summed E-state index contributed by atoms with van der Waals surface area (Å²) >= 11 is 0.797. The Morgan fingerprint density at radius 1 is 1.13 bits per heavy atom. The number of nitro benzene ring substituents is 1. The van der Waals surface area contributed by atoms with Crippen LogP contribution in [-0.2, 0) is 9.84 Å². The third-order valence-electron chi connectivity index (χ3n) is 4.42. The number of carbonyl (C=O) groups excluding carboxylic acids is 1. The van der Waals surface area contributed by atoms with Crippen molar-refractivity contribution in [2.45, 2.75) is 16.0 Å². The number of nitro groups is 1. The number of amides is 1. The minimum Gasteiger partial charge on any atom is -0.298 e. The summed E-state index contributed by atoms with van der Waals surface area (Å²) in [5.41, 5.74) is 1.53. The van der Waals surface area contributed by atoms with Gasteiger partial charge < -0.3 is 0 Å². The number of fused-ring (bicyclic) bond motifs is 1. The lowest BCUT2D eigenvalue weighted by Crippen LogP contribution is -2.13. The number of nitrogens with one attached hydrogen (secondary N) is 1. The molecule has 9 nitrogen and oxygen atoms in total. The van der Waals surface area contributed by atoms with Gasteiger partial charge in [0, 0.05) is 23.2 Å². The van der Waals surface area contributed by atoms with Crippen molar-refractivity contribution in [2.75, 3.05) is 5.32 Å². The molecular weight excluding hydrogens is 440 g/mol. The molecule has 2 aromatic carbocycles. The molecule has 0 saturated carbocycles. The summed E-state index contributed by atoms with van der Waals surface area (Å²) in [6, 6.07) is 13.4. The Bertz CT molecular complexity index is 1430.